The fraction of sp³-hybridized carbons (Fsp3) is 0.214. The number of aliphatic hydroxyl groups excluding tert-OH is 1. The summed E-state index contributed by atoms with van der Waals surface area (Å²) >= 11 is 0. The van der Waals surface area contributed by atoms with Crippen LogP contribution in [0.1, 0.15) is 33.5 Å². The van der Waals surface area contributed by atoms with Gasteiger partial charge in [0.15, 0.2) is 0 Å². The van der Waals surface area contributed by atoms with Crippen LogP contribution in [0, 0.1) is 6.92 Å². The first-order valence-corrected chi connectivity index (χ1v) is 5.55. The quantitative estimate of drug-likeness (QED) is 0.845. The van der Waals surface area contributed by atoms with Gasteiger partial charge in [0, 0.05) is 0 Å². The largest absolute Gasteiger partial charge is 0.463 e. The van der Waals surface area contributed by atoms with Crippen molar-refractivity contribution in [2.45, 2.75) is 13.0 Å². The first-order chi connectivity index (χ1) is 8.63. The highest BCUT2D eigenvalue weighted by molar-refractivity contribution is 5.86. The molecule has 0 fully saturated rings. The molecule has 4 heteroatoms. The van der Waals surface area contributed by atoms with Crippen molar-refractivity contribution in [1.82, 2.24) is 0 Å². The normalized spacial score (nSPS) is 12.2. The van der Waals surface area contributed by atoms with Gasteiger partial charge >= 0.3 is 5.97 Å². The van der Waals surface area contributed by atoms with Crippen LogP contribution in [0.5, 0.6) is 0 Å². The zero-order valence-corrected chi connectivity index (χ0v) is 10.2. The van der Waals surface area contributed by atoms with Gasteiger partial charge in [0.25, 0.3) is 0 Å². The number of rotatable bonds is 3. The van der Waals surface area contributed by atoms with Crippen molar-refractivity contribution in [3.63, 3.8) is 0 Å². The molecule has 4 nitrogen and oxygen atoms in total. The molecule has 18 heavy (non-hydrogen) atoms. The summed E-state index contributed by atoms with van der Waals surface area (Å²) < 4.78 is 9.83. The van der Waals surface area contributed by atoms with Crippen LogP contribution in [0.25, 0.3) is 0 Å². The minimum absolute atomic E-state index is 0.0835. The summed E-state index contributed by atoms with van der Waals surface area (Å²) in [5.74, 6) is -0.150. The number of hydrogen-bond donors (Lipinski definition) is 1. The van der Waals surface area contributed by atoms with Crippen LogP contribution in [0.3, 0.4) is 0 Å². The second-order valence-electron chi connectivity index (χ2n) is 3.95. The van der Waals surface area contributed by atoms with E-state index in [1.165, 1.54) is 13.2 Å². The molecule has 94 valence electrons. The number of methoxy groups -OCH3 is 1. The van der Waals surface area contributed by atoms with E-state index in [9.17, 15) is 9.90 Å². The van der Waals surface area contributed by atoms with Crippen LogP contribution in [-0.4, -0.2) is 18.2 Å². The first-order valence-electron chi connectivity index (χ1n) is 5.55. The Hall–Kier alpha value is -2.07. The van der Waals surface area contributed by atoms with Crippen LogP contribution in [0.4, 0.5) is 0 Å². The van der Waals surface area contributed by atoms with Crippen molar-refractivity contribution in [3.8, 4) is 0 Å². The number of furan rings is 1. The molecule has 0 saturated heterocycles. The van der Waals surface area contributed by atoms with Crippen molar-refractivity contribution < 1.29 is 19.1 Å². The highest BCUT2D eigenvalue weighted by atomic mass is 16.5. The third-order valence-corrected chi connectivity index (χ3v) is 2.77. The lowest BCUT2D eigenvalue weighted by molar-refractivity contribution is 0.0558. The molecule has 0 aliphatic carbocycles. The van der Waals surface area contributed by atoms with Gasteiger partial charge in [-0.05, 0) is 30.2 Å². The molecule has 1 atom stereocenters. The predicted octanol–water partition coefficient (Wildman–Crippen LogP) is 2.46. The third-order valence-electron chi connectivity index (χ3n) is 2.77. The fourth-order valence-electron chi connectivity index (χ4n) is 1.76. The lowest BCUT2D eigenvalue weighted by Crippen LogP contribution is -2.01. The molecule has 0 saturated carbocycles. The zero-order valence-electron chi connectivity index (χ0n) is 10.2. The maximum atomic E-state index is 11.3. The standard InChI is InChI=1S/C14H14O4/c1-9-5-3-4-6-10(9)13(15)11-7-8-12(18-11)14(16)17-2/h3-8,13,15H,1-2H3. The SMILES string of the molecule is COC(=O)c1ccc(C(O)c2ccccc2C)o1. The monoisotopic (exact) mass is 246 g/mol. The summed E-state index contributed by atoms with van der Waals surface area (Å²) in [7, 11) is 1.28. The van der Waals surface area contributed by atoms with E-state index < -0.39 is 12.1 Å². The van der Waals surface area contributed by atoms with Gasteiger partial charge in [0.1, 0.15) is 11.9 Å². The van der Waals surface area contributed by atoms with Gasteiger partial charge in [0.2, 0.25) is 5.76 Å². The Kier molecular flexibility index (Phi) is 3.48. The minimum Gasteiger partial charge on any atom is -0.463 e. The maximum absolute atomic E-state index is 11.3. The molecule has 2 rings (SSSR count). The van der Waals surface area contributed by atoms with Crippen molar-refractivity contribution in [1.29, 1.82) is 0 Å². The molecule has 0 radical (unpaired) electrons. The number of benzene rings is 1. The van der Waals surface area contributed by atoms with E-state index in [-0.39, 0.29) is 5.76 Å². The topological polar surface area (TPSA) is 59.7 Å². The Balaban J connectivity index is 2.29. The number of hydrogen-bond acceptors (Lipinski definition) is 4. The van der Waals surface area contributed by atoms with E-state index >= 15 is 0 Å². The molecule has 2 aromatic rings. The third kappa shape index (κ3) is 2.28. The number of aryl methyl sites for hydroxylation is 1. The number of carbonyl (C=O) groups excluding carboxylic acids is 1. The number of esters is 1. The second kappa shape index (κ2) is 5.06. The molecular weight excluding hydrogens is 232 g/mol. The van der Waals surface area contributed by atoms with Gasteiger partial charge in [0.05, 0.1) is 7.11 Å². The van der Waals surface area contributed by atoms with Gasteiger partial charge in [-0.3, -0.25) is 0 Å². The summed E-state index contributed by atoms with van der Waals surface area (Å²) in [6.07, 6.45) is -0.885. The minimum atomic E-state index is -0.885. The van der Waals surface area contributed by atoms with Crippen molar-refractivity contribution >= 4 is 5.97 Å². The van der Waals surface area contributed by atoms with Crippen LogP contribution in [0.2, 0.25) is 0 Å². The average Bonchev–Trinajstić information content (AvgIpc) is 2.87. The van der Waals surface area contributed by atoms with Crippen molar-refractivity contribution in [3.05, 3.63) is 59.0 Å². The second-order valence-corrected chi connectivity index (χ2v) is 3.95. The number of carbonyl (C=O) groups is 1. The van der Waals surface area contributed by atoms with E-state index in [1.54, 1.807) is 6.07 Å². The summed E-state index contributed by atoms with van der Waals surface area (Å²) in [6.45, 7) is 1.91. The van der Waals surface area contributed by atoms with E-state index in [0.29, 0.717) is 5.76 Å². The Bertz CT molecular complexity index is 556. The maximum Gasteiger partial charge on any atom is 0.373 e. The highest BCUT2D eigenvalue weighted by Crippen LogP contribution is 2.26. The van der Waals surface area contributed by atoms with Crippen LogP contribution in [0.15, 0.2) is 40.8 Å². The fourth-order valence-corrected chi connectivity index (χ4v) is 1.76. The van der Waals surface area contributed by atoms with Crippen LogP contribution in [-0.2, 0) is 4.74 Å². The van der Waals surface area contributed by atoms with Gasteiger partial charge in [-0.1, -0.05) is 24.3 Å². The average molecular weight is 246 g/mol. The van der Waals surface area contributed by atoms with Crippen LogP contribution >= 0.6 is 0 Å². The Labute approximate surface area is 105 Å². The van der Waals surface area contributed by atoms with Crippen LogP contribution < -0.4 is 0 Å². The molecule has 1 heterocycles. The zero-order chi connectivity index (χ0) is 13.1. The number of ether oxygens (including phenoxy) is 1. The molecule has 1 N–H and O–H groups in total. The van der Waals surface area contributed by atoms with Gasteiger partial charge in [-0.25, -0.2) is 4.79 Å². The van der Waals surface area contributed by atoms with E-state index in [1.807, 2.05) is 31.2 Å². The molecule has 0 aliphatic heterocycles. The molecule has 0 amide bonds. The highest BCUT2D eigenvalue weighted by Gasteiger charge is 2.19. The van der Waals surface area contributed by atoms with Gasteiger partial charge in [-0.2, -0.15) is 0 Å². The molecule has 0 bridgehead atoms. The summed E-state index contributed by atoms with van der Waals surface area (Å²) in [5.41, 5.74) is 1.71. The Morgan fingerprint density at radius 1 is 1.28 bits per heavy atom. The molecule has 1 aromatic carbocycles. The molecule has 0 aliphatic rings. The first kappa shape index (κ1) is 12.4. The summed E-state index contributed by atoms with van der Waals surface area (Å²) in [5, 5.41) is 10.2. The smallest absolute Gasteiger partial charge is 0.373 e. The molecule has 1 aromatic heterocycles. The predicted molar refractivity (Wildman–Crippen MR) is 65.3 cm³/mol. The Morgan fingerprint density at radius 3 is 2.67 bits per heavy atom. The summed E-state index contributed by atoms with van der Waals surface area (Å²) in [6, 6.07) is 10.5. The summed E-state index contributed by atoms with van der Waals surface area (Å²) in [4.78, 5) is 11.3. The lowest BCUT2D eigenvalue weighted by atomic mass is 10.0. The molecule has 1 unspecified atom stereocenters. The molecule has 0 spiro atoms. The Morgan fingerprint density at radius 2 is 2.00 bits per heavy atom. The molecular formula is C14H14O4. The van der Waals surface area contributed by atoms with E-state index in [0.717, 1.165) is 11.1 Å². The van der Waals surface area contributed by atoms with Gasteiger partial charge < -0.3 is 14.3 Å². The van der Waals surface area contributed by atoms with E-state index in [2.05, 4.69) is 4.74 Å². The lowest BCUT2D eigenvalue weighted by Gasteiger charge is -2.10. The number of aliphatic hydroxyl groups is 1. The van der Waals surface area contributed by atoms with E-state index in [4.69, 9.17) is 4.42 Å². The van der Waals surface area contributed by atoms with Gasteiger partial charge in [-0.15, -0.1) is 0 Å². The van der Waals surface area contributed by atoms with Crippen molar-refractivity contribution in [2.75, 3.05) is 7.11 Å². The van der Waals surface area contributed by atoms with Crippen molar-refractivity contribution in [2.24, 2.45) is 0 Å².